The Morgan fingerprint density at radius 2 is 0.823 bits per heavy atom. The average molecular weight is 791 g/mol. The number of hydrogen-bond donors (Lipinski definition) is 0. The molecule has 11 aromatic rings. The zero-order valence-corrected chi connectivity index (χ0v) is 33.7. The highest BCUT2D eigenvalue weighted by molar-refractivity contribution is 6.10. The molecule has 0 spiro atoms. The van der Waals surface area contributed by atoms with Crippen molar-refractivity contribution in [1.82, 2.24) is 19.5 Å². The lowest BCUT2D eigenvalue weighted by Gasteiger charge is -2.34. The molecule has 0 saturated carbocycles. The van der Waals surface area contributed by atoms with Gasteiger partial charge in [0.15, 0.2) is 11.6 Å². The molecule has 0 aliphatic heterocycles. The first kappa shape index (κ1) is 35.7. The standard InChI is InChI=1S/C58H38N4/c1-5-19-39(20-6-1)45-27-13-14-30-50(45)56-59-55(40-21-7-2-8-22-40)60-57(61-56)62-53-32-18-16-29-48(53)49-36-34-42(38-54(49)62)41-33-35-47-46-28-15-17-31-51(46)58(52(47)37-41,43-23-9-3-10-24-43)44-25-11-4-12-26-44/h1-38H. The highest BCUT2D eigenvalue weighted by Gasteiger charge is 2.46. The van der Waals surface area contributed by atoms with E-state index in [0.29, 0.717) is 17.6 Å². The number of nitrogens with zero attached hydrogens (tertiary/aromatic N) is 4. The van der Waals surface area contributed by atoms with Gasteiger partial charge in [-0.2, -0.15) is 9.97 Å². The average Bonchev–Trinajstić information content (AvgIpc) is 3.85. The van der Waals surface area contributed by atoms with Gasteiger partial charge in [-0.05, 0) is 73.8 Å². The Balaban J connectivity index is 1.09. The molecular formula is C58H38N4. The smallest absolute Gasteiger partial charge is 0.238 e. The number of para-hydroxylation sites is 1. The molecule has 0 amide bonds. The van der Waals surface area contributed by atoms with Gasteiger partial charge in [-0.25, -0.2) is 4.98 Å². The minimum absolute atomic E-state index is 0.491. The summed E-state index contributed by atoms with van der Waals surface area (Å²) < 4.78 is 2.22. The molecule has 2 aromatic heterocycles. The molecule has 2 heterocycles. The molecule has 0 fully saturated rings. The summed E-state index contributed by atoms with van der Waals surface area (Å²) in [7, 11) is 0. The Bertz CT molecular complexity index is 3410. The van der Waals surface area contributed by atoms with Crippen LogP contribution >= 0.6 is 0 Å². The van der Waals surface area contributed by atoms with Crippen molar-refractivity contribution in [2.24, 2.45) is 0 Å². The van der Waals surface area contributed by atoms with Gasteiger partial charge in [0.25, 0.3) is 0 Å². The molecule has 62 heavy (non-hydrogen) atoms. The largest absolute Gasteiger partial charge is 0.278 e. The summed E-state index contributed by atoms with van der Waals surface area (Å²) in [5, 5.41) is 2.27. The van der Waals surface area contributed by atoms with Crippen LogP contribution in [0.25, 0.3) is 83.9 Å². The topological polar surface area (TPSA) is 43.6 Å². The molecular weight excluding hydrogens is 753 g/mol. The predicted molar refractivity (Wildman–Crippen MR) is 253 cm³/mol. The van der Waals surface area contributed by atoms with Crippen LogP contribution < -0.4 is 0 Å². The molecule has 12 rings (SSSR count). The van der Waals surface area contributed by atoms with E-state index >= 15 is 0 Å². The van der Waals surface area contributed by atoms with Crippen LogP contribution in [-0.2, 0) is 5.41 Å². The lowest BCUT2D eigenvalue weighted by atomic mass is 9.67. The third-order valence-electron chi connectivity index (χ3n) is 12.6. The number of hydrogen-bond acceptors (Lipinski definition) is 3. The molecule has 4 nitrogen and oxygen atoms in total. The fourth-order valence-corrected chi connectivity index (χ4v) is 9.84. The third kappa shape index (κ3) is 5.58. The van der Waals surface area contributed by atoms with Gasteiger partial charge >= 0.3 is 0 Å². The number of fused-ring (bicyclic) bond motifs is 6. The van der Waals surface area contributed by atoms with E-state index in [1.807, 2.05) is 24.3 Å². The second-order valence-electron chi connectivity index (χ2n) is 15.9. The van der Waals surface area contributed by atoms with Crippen LogP contribution in [0.15, 0.2) is 231 Å². The van der Waals surface area contributed by atoms with Crippen molar-refractivity contribution < 1.29 is 0 Å². The quantitative estimate of drug-likeness (QED) is 0.161. The van der Waals surface area contributed by atoms with E-state index in [0.717, 1.165) is 55.2 Å². The highest BCUT2D eigenvalue weighted by atomic mass is 15.2. The Kier molecular flexibility index (Phi) is 8.36. The maximum atomic E-state index is 5.36. The van der Waals surface area contributed by atoms with Crippen molar-refractivity contribution in [2.75, 3.05) is 0 Å². The summed E-state index contributed by atoms with van der Waals surface area (Å²) in [6, 6.07) is 82.4. The summed E-state index contributed by atoms with van der Waals surface area (Å²) in [6.07, 6.45) is 0. The van der Waals surface area contributed by atoms with E-state index in [2.05, 4.69) is 211 Å². The lowest BCUT2D eigenvalue weighted by molar-refractivity contribution is 0.769. The normalized spacial score (nSPS) is 12.6. The number of benzene rings is 9. The minimum Gasteiger partial charge on any atom is -0.278 e. The number of aromatic nitrogens is 4. The molecule has 290 valence electrons. The van der Waals surface area contributed by atoms with Crippen LogP contribution in [0.1, 0.15) is 22.3 Å². The van der Waals surface area contributed by atoms with Gasteiger partial charge in [0.2, 0.25) is 5.95 Å². The summed E-state index contributed by atoms with van der Waals surface area (Å²) in [4.78, 5) is 15.8. The Morgan fingerprint density at radius 3 is 1.55 bits per heavy atom. The van der Waals surface area contributed by atoms with Crippen molar-refractivity contribution >= 4 is 21.8 Å². The summed E-state index contributed by atoms with van der Waals surface area (Å²) >= 11 is 0. The molecule has 4 heteroatoms. The van der Waals surface area contributed by atoms with Crippen molar-refractivity contribution in [2.45, 2.75) is 5.41 Å². The van der Waals surface area contributed by atoms with Crippen molar-refractivity contribution in [1.29, 1.82) is 0 Å². The number of rotatable bonds is 7. The van der Waals surface area contributed by atoms with Gasteiger partial charge in [0, 0.05) is 21.9 Å². The molecule has 0 unspecified atom stereocenters. The monoisotopic (exact) mass is 790 g/mol. The Morgan fingerprint density at radius 1 is 0.306 bits per heavy atom. The van der Waals surface area contributed by atoms with E-state index in [1.54, 1.807) is 0 Å². The van der Waals surface area contributed by atoms with Gasteiger partial charge in [0.1, 0.15) is 0 Å². The van der Waals surface area contributed by atoms with Crippen molar-refractivity contribution in [3.8, 4) is 62.1 Å². The molecule has 0 radical (unpaired) electrons. The molecule has 1 aliphatic rings. The van der Waals surface area contributed by atoms with E-state index in [1.165, 1.54) is 33.4 Å². The Labute approximate surface area is 360 Å². The molecule has 0 bridgehead atoms. The SMILES string of the molecule is c1ccc(-c2nc(-c3ccccc3-c3ccccc3)nc(-n3c4ccccc4c4ccc(-c5ccc6c(c5)C(c5ccccc5)(c5ccccc5)c5ccccc5-6)cc43)n2)cc1. The predicted octanol–water partition coefficient (Wildman–Crippen LogP) is 14.0. The lowest BCUT2D eigenvalue weighted by Crippen LogP contribution is -2.28. The van der Waals surface area contributed by atoms with Crippen molar-refractivity contribution in [3.05, 3.63) is 253 Å². The summed E-state index contributed by atoms with van der Waals surface area (Å²) in [5.74, 6) is 1.80. The summed E-state index contributed by atoms with van der Waals surface area (Å²) in [6.45, 7) is 0. The van der Waals surface area contributed by atoms with Gasteiger partial charge in [-0.15, -0.1) is 0 Å². The van der Waals surface area contributed by atoms with Gasteiger partial charge in [0.05, 0.1) is 16.4 Å². The van der Waals surface area contributed by atoms with Crippen LogP contribution in [0.3, 0.4) is 0 Å². The molecule has 0 atom stereocenters. The summed E-state index contributed by atoms with van der Waals surface area (Å²) in [5.41, 5.74) is 15.5. The van der Waals surface area contributed by atoms with E-state index in [-0.39, 0.29) is 0 Å². The molecule has 1 aliphatic carbocycles. The molecule has 9 aromatic carbocycles. The second-order valence-corrected chi connectivity index (χ2v) is 15.9. The first-order valence-electron chi connectivity index (χ1n) is 21.1. The van der Waals surface area contributed by atoms with Crippen LogP contribution in [0.4, 0.5) is 0 Å². The van der Waals surface area contributed by atoms with E-state index in [9.17, 15) is 0 Å². The minimum atomic E-state index is -0.491. The van der Waals surface area contributed by atoms with Crippen LogP contribution in [0.5, 0.6) is 0 Å². The van der Waals surface area contributed by atoms with Crippen LogP contribution in [0.2, 0.25) is 0 Å². The maximum absolute atomic E-state index is 5.36. The zero-order chi connectivity index (χ0) is 41.0. The van der Waals surface area contributed by atoms with Crippen LogP contribution in [0, 0.1) is 0 Å². The highest BCUT2D eigenvalue weighted by Crippen LogP contribution is 2.56. The van der Waals surface area contributed by atoms with Gasteiger partial charge < -0.3 is 0 Å². The fourth-order valence-electron chi connectivity index (χ4n) is 9.84. The molecule has 0 N–H and O–H groups in total. The third-order valence-corrected chi connectivity index (χ3v) is 12.6. The second kappa shape index (κ2) is 14.5. The van der Waals surface area contributed by atoms with E-state index in [4.69, 9.17) is 15.0 Å². The first-order valence-corrected chi connectivity index (χ1v) is 21.1. The molecule has 0 saturated heterocycles. The van der Waals surface area contributed by atoms with Gasteiger partial charge in [-0.1, -0.05) is 212 Å². The first-order chi connectivity index (χ1) is 30.8. The van der Waals surface area contributed by atoms with E-state index < -0.39 is 5.41 Å². The van der Waals surface area contributed by atoms with Gasteiger partial charge in [-0.3, -0.25) is 4.57 Å². The Hall–Kier alpha value is -8.21. The maximum Gasteiger partial charge on any atom is 0.238 e. The fraction of sp³-hybridized carbons (Fsp3) is 0.0172. The van der Waals surface area contributed by atoms with Crippen LogP contribution in [-0.4, -0.2) is 19.5 Å². The zero-order valence-electron chi connectivity index (χ0n) is 33.7. The van der Waals surface area contributed by atoms with Crippen molar-refractivity contribution in [3.63, 3.8) is 0 Å².